The monoisotopic (exact) mass is 373 g/mol. The second-order valence-electron chi connectivity index (χ2n) is 6.43. The van der Waals surface area contributed by atoms with Crippen molar-refractivity contribution >= 4 is 23.1 Å². The van der Waals surface area contributed by atoms with Gasteiger partial charge in [-0.3, -0.25) is 19.1 Å². The molecule has 146 valence electrons. The Balaban J connectivity index is 2.25. The van der Waals surface area contributed by atoms with Crippen molar-refractivity contribution in [2.45, 2.75) is 40.2 Å². The third kappa shape index (κ3) is 4.99. The zero-order chi connectivity index (χ0) is 20.0. The number of carbonyl (C=O) groups excluding carboxylic acids is 1. The summed E-state index contributed by atoms with van der Waals surface area (Å²) >= 11 is 0. The van der Waals surface area contributed by atoms with Gasteiger partial charge in [-0.15, -0.1) is 0 Å². The molecule has 8 heteroatoms. The lowest BCUT2D eigenvalue weighted by molar-refractivity contribution is -0.115. The van der Waals surface area contributed by atoms with Gasteiger partial charge in [0.2, 0.25) is 5.91 Å². The normalized spacial score (nSPS) is 10.6. The Bertz CT molecular complexity index is 899. The van der Waals surface area contributed by atoms with E-state index in [0.29, 0.717) is 18.8 Å². The van der Waals surface area contributed by atoms with Gasteiger partial charge in [0, 0.05) is 18.8 Å². The lowest BCUT2D eigenvalue weighted by Gasteiger charge is -2.24. The maximum atomic E-state index is 12.4. The van der Waals surface area contributed by atoms with Crippen molar-refractivity contribution < 1.29 is 4.79 Å². The number of unbranched alkanes of at least 4 members (excludes halogenated alkanes) is 1. The number of nitrogens with zero attached hydrogens (tertiary/aromatic N) is 2. The first-order valence-corrected chi connectivity index (χ1v) is 9.11. The molecular formula is C19H27N5O3. The van der Waals surface area contributed by atoms with Crippen LogP contribution in [0.1, 0.15) is 32.3 Å². The van der Waals surface area contributed by atoms with Crippen molar-refractivity contribution in [1.82, 2.24) is 9.55 Å². The molecule has 0 aliphatic heterocycles. The summed E-state index contributed by atoms with van der Waals surface area (Å²) in [4.78, 5) is 40.7. The number of aryl methyl sites for hydroxylation is 1. The minimum absolute atomic E-state index is 0.0519. The number of carbonyl (C=O) groups is 1. The third-order valence-electron chi connectivity index (χ3n) is 4.32. The Hall–Kier alpha value is -3.03. The van der Waals surface area contributed by atoms with Crippen LogP contribution in [-0.4, -0.2) is 28.5 Å². The highest BCUT2D eigenvalue weighted by molar-refractivity contribution is 5.94. The molecule has 27 heavy (non-hydrogen) atoms. The van der Waals surface area contributed by atoms with Gasteiger partial charge >= 0.3 is 5.69 Å². The van der Waals surface area contributed by atoms with Gasteiger partial charge in [0.15, 0.2) is 0 Å². The third-order valence-corrected chi connectivity index (χ3v) is 4.32. The Morgan fingerprint density at radius 1 is 1.22 bits per heavy atom. The Morgan fingerprint density at radius 3 is 2.48 bits per heavy atom. The fourth-order valence-electron chi connectivity index (χ4n) is 2.78. The molecule has 1 amide bonds. The quantitative estimate of drug-likeness (QED) is 0.652. The number of benzene rings is 1. The van der Waals surface area contributed by atoms with Crippen LogP contribution in [0.25, 0.3) is 0 Å². The predicted octanol–water partition coefficient (Wildman–Crippen LogP) is 1.69. The highest BCUT2D eigenvalue weighted by Gasteiger charge is 2.20. The number of hydrogen-bond donors (Lipinski definition) is 3. The van der Waals surface area contributed by atoms with Gasteiger partial charge in [0.25, 0.3) is 5.56 Å². The van der Waals surface area contributed by atoms with Gasteiger partial charge in [-0.2, -0.15) is 0 Å². The summed E-state index contributed by atoms with van der Waals surface area (Å²) in [6.45, 7) is 6.54. The molecule has 1 heterocycles. The molecule has 2 rings (SSSR count). The summed E-state index contributed by atoms with van der Waals surface area (Å²) in [5.41, 5.74) is 6.91. The summed E-state index contributed by atoms with van der Waals surface area (Å²) in [5.74, 6) is -0.187. The van der Waals surface area contributed by atoms with Crippen LogP contribution in [0.5, 0.6) is 0 Å². The minimum atomic E-state index is -0.588. The smallest absolute Gasteiger partial charge is 0.330 e. The van der Waals surface area contributed by atoms with Crippen molar-refractivity contribution in [3.63, 3.8) is 0 Å². The summed E-state index contributed by atoms with van der Waals surface area (Å²) in [6, 6.07) is 7.43. The van der Waals surface area contributed by atoms with Crippen molar-refractivity contribution in [2.75, 3.05) is 29.0 Å². The number of likely N-dealkylation sites (N-methyl/N-ethyl adjacent to an activating group) is 1. The first-order valence-electron chi connectivity index (χ1n) is 9.11. The first kappa shape index (κ1) is 20.3. The summed E-state index contributed by atoms with van der Waals surface area (Å²) in [5, 5.41) is 2.80. The van der Waals surface area contributed by atoms with Gasteiger partial charge in [-0.1, -0.05) is 31.0 Å². The molecule has 0 aliphatic carbocycles. The second-order valence-corrected chi connectivity index (χ2v) is 6.43. The van der Waals surface area contributed by atoms with Crippen molar-refractivity contribution in [1.29, 1.82) is 0 Å². The number of hydrogen-bond acceptors (Lipinski definition) is 5. The maximum absolute atomic E-state index is 12.4. The van der Waals surface area contributed by atoms with Crippen LogP contribution >= 0.6 is 0 Å². The van der Waals surface area contributed by atoms with E-state index in [4.69, 9.17) is 5.73 Å². The summed E-state index contributed by atoms with van der Waals surface area (Å²) < 4.78 is 1.35. The van der Waals surface area contributed by atoms with E-state index in [0.717, 1.165) is 18.4 Å². The number of nitrogens with one attached hydrogen (secondary N) is 2. The van der Waals surface area contributed by atoms with Crippen LogP contribution in [0.15, 0.2) is 33.9 Å². The maximum Gasteiger partial charge on any atom is 0.330 e. The highest BCUT2D eigenvalue weighted by Crippen LogP contribution is 2.17. The molecule has 0 aliphatic rings. The van der Waals surface area contributed by atoms with Gasteiger partial charge in [-0.25, -0.2) is 4.79 Å². The minimum Gasteiger partial charge on any atom is -0.383 e. The van der Waals surface area contributed by atoms with Crippen LogP contribution in [0.2, 0.25) is 0 Å². The SMILES string of the molecule is CCCCn1c(N)c(N(CC)CC(=O)Nc2ccc(C)cc2)c(=O)[nH]c1=O. The molecule has 1 aromatic heterocycles. The van der Waals surface area contributed by atoms with Gasteiger partial charge < -0.3 is 16.0 Å². The van der Waals surface area contributed by atoms with Crippen molar-refractivity contribution in [3.8, 4) is 0 Å². The molecule has 0 radical (unpaired) electrons. The average Bonchev–Trinajstić information content (AvgIpc) is 2.62. The van der Waals surface area contributed by atoms with E-state index >= 15 is 0 Å². The number of amides is 1. The number of aromatic nitrogens is 2. The van der Waals surface area contributed by atoms with Gasteiger partial charge in [-0.05, 0) is 32.4 Å². The van der Waals surface area contributed by atoms with Gasteiger partial charge in [0.05, 0.1) is 6.54 Å². The van der Waals surface area contributed by atoms with E-state index in [1.165, 1.54) is 4.57 Å². The molecule has 0 atom stereocenters. The summed E-state index contributed by atoms with van der Waals surface area (Å²) in [6.07, 6.45) is 1.65. The number of nitrogens with two attached hydrogens (primary N) is 1. The highest BCUT2D eigenvalue weighted by atomic mass is 16.2. The number of rotatable bonds is 8. The van der Waals surface area contributed by atoms with Crippen molar-refractivity contribution in [3.05, 3.63) is 50.7 Å². The number of aromatic amines is 1. The second kappa shape index (κ2) is 9.07. The summed E-state index contributed by atoms with van der Waals surface area (Å²) in [7, 11) is 0. The number of anilines is 3. The molecule has 8 nitrogen and oxygen atoms in total. The fraction of sp³-hybridized carbons (Fsp3) is 0.421. The topological polar surface area (TPSA) is 113 Å². The van der Waals surface area contributed by atoms with E-state index in [-0.39, 0.29) is 24.0 Å². The van der Waals surface area contributed by atoms with E-state index in [9.17, 15) is 14.4 Å². The predicted molar refractivity (Wildman–Crippen MR) is 108 cm³/mol. The lowest BCUT2D eigenvalue weighted by Crippen LogP contribution is -2.41. The van der Waals surface area contributed by atoms with Crippen LogP contribution in [0.3, 0.4) is 0 Å². The number of H-pyrrole nitrogens is 1. The standard InChI is InChI=1S/C19H27N5O3/c1-4-6-11-24-17(20)16(18(26)22-19(24)27)23(5-2)12-15(25)21-14-9-7-13(3)8-10-14/h7-10H,4-6,11-12,20H2,1-3H3,(H,21,25)(H,22,26,27). The lowest BCUT2D eigenvalue weighted by atomic mass is 10.2. The van der Waals surface area contributed by atoms with E-state index in [1.54, 1.807) is 4.90 Å². The zero-order valence-corrected chi connectivity index (χ0v) is 16.0. The molecular weight excluding hydrogens is 346 g/mol. The van der Waals surface area contributed by atoms with E-state index in [2.05, 4.69) is 10.3 Å². The fourth-order valence-corrected chi connectivity index (χ4v) is 2.78. The molecule has 0 bridgehead atoms. The van der Waals surface area contributed by atoms with Crippen LogP contribution in [-0.2, 0) is 11.3 Å². The molecule has 2 aromatic rings. The molecule has 0 saturated carbocycles. The Labute approximate surface area is 158 Å². The molecule has 0 saturated heterocycles. The Kier molecular flexibility index (Phi) is 6.81. The van der Waals surface area contributed by atoms with E-state index in [1.807, 2.05) is 45.0 Å². The Morgan fingerprint density at radius 2 is 1.89 bits per heavy atom. The zero-order valence-electron chi connectivity index (χ0n) is 16.0. The van der Waals surface area contributed by atoms with Gasteiger partial charge in [0.1, 0.15) is 11.5 Å². The average molecular weight is 373 g/mol. The molecule has 1 aromatic carbocycles. The molecule has 0 unspecified atom stereocenters. The number of nitrogen functional groups attached to an aromatic ring is 1. The van der Waals surface area contributed by atoms with Crippen molar-refractivity contribution in [2.24, 2.45) is 0 Å². The molecule has 0 fully saturated rings. The van der Waals surface area contributed by atoms with Crippen LogP contribution in [0, 0.1) is 6.92 Å². The largest absolute Gasteiger partial charge is 0.383 e. The van der Waals surface area contributed by atoms with Crippen LogP contribution in [0.4, 0.5) is 17.2 Å². The molecule has 4 N–H and O–H groups in total. The first-order chi connectivity index (χ1) is 12.9. The van der Waals surface area contributed by atoms with E-state index < -0.39 is 11.2 Å². The molecule has 0 spiro atoms. The van der Waals surface area contributed by atoms with Crippen LogP contribution < -0.4 is 27.2 Å².